The number of hydrogen-bond donors (Lipinski definition) is 1. The molecule has 0 saturated heterocycles. The molecule has 0 spiro atoms. The normalized spacial score (nSPS) is 12.2. The second kappa shape index (κ2) is 23.0. The molecule has 0 bridgehead atoms. The third-order valence-electron chi connectivity index (χ3n) is 11.5. The zero-order valence-corrected chi connectivity index (χ0v) is 40.0. The summed E-state index contributed by atoms with van der Waals surface area (Å²) in [5, 5.41) is 0. The molecule has 0 radical (unpaired) electrons. The standard InChI is InChI=1S/C34H30N4O4.C24H21N3O3/c35-31(39)27-15-21-30(22-16-27)42-34-37-32(40-28-17-11-25(12-18-28)23-7-3-1-4-8-23)36-33(38-34)41-29-19-13-26(14-20-29)24-9-5-2-6-10-24;1-16-9-12-20(13-10-16)29-23-25-22(28-19-7-5-4-6-8-19)26-24(27-23)30-21-14-11-17(2)15-18(21)3/h1,3-4,7-8,11-22,24H,2,5-6,9-10H2,(H2,35,39);4-15H,1-3H3. The van der Waals surface area contributed by atoms with Crippen LogP contribution in [-0.2, 0) is 0 Å². The maximum Gasteiger partial charge on any atom is 0.331 e. The number of rotatable bonds is 15. The summed E-state index contributed by atoms with van der Waals surface area (Å²) < 4.78 is 35.4. The molecule has 2 heterocycles. The van der Waals surface area contributed by atoms with Gasteiger partial charge in [0.2, 0.25) is 5.91 Å². The molecule has 0 atom stereocenters. The molecule has 0 aliphatic heterocycles. The van der Waals surface area contributed by atoms with Gasteiger partial charge >= 0.3 is 36.1 Å². The van der Waals surface area contributed by atoms with E-state index in [1.165, 1.54) is 37.7 Å². The molecule has 2 aromatic heterocycles. The quantitative estimate of drug-likeness (QED) is 0.103. The van der Waals surface area contributed by atoms with E-state index < -0.39 is 5.91 Å². The van der Waals surface area contributed by atoms with Crippen LogP contribution in [0.15, 0.2) is 176 Å². The third-order valence-corrected chi connectivity index (χ3v) is 11.5. The predicted octanol–water partition coefficient (Wildman–Crippen LogP) is 14.2. The highest BCUT2D eigenvalue weighted by atomic mass is 16.5. The van der Waals surface area contributed by atoms with E-state index in [1.54, 1.807) is 24.3 Å². The lowest BCUT2D eigenvalue weighted by molar-refractivity contribution is 0.1000. The van der Waals surface area contributed by atoms with E-state index in [0.29, 0.717) is 46.0 Å². The van der Waals surface area contributed by atoms with Crippen molar-refractivity contribution in [3.05, 3.63) is 204 Å². The fourth-order valence-electron chi connectivity index (χ4n) is 7.83. The predicted molar refractivity (Wildman–Crippen MR) is 273 cm³/mol. The summed E-state index contributed by atoms with van der Waals surface area (Å²) in [4.78, 5) is 37.4. The monoisotopic (exact) mass is 957 g/mol. The number of aromatic nitrogens is 6. The highest BCUT2D eigenvalue weighted by Gasteiger charge is 2.18. The van der Waals surface area contributed by atoms with E-state index >= 15 is 0 Å². The van der Waals surface area contributed by atoms with Crippen molar-refractivity contribution in [2.75, 3.05) is 0 Å². The van der Waals surface area contributed by atoms with Crippen molar-refractivity contribution in [2.45, 2.75) is 58.8 Å². The van der Waals surface area contributed by atoms with Crippen LogP contribution in [0.3, 0.4) is 0 Å². The molecule has 72 heavy (non-hydrogen) atoms. The van der Waals surface area contributed by atoms with Gasteiger partial charge in [-0.3, -0.25) is 4.79 Å². The number of para-hydroxylation sites is 1. The molecule has 1 aliphatic carbocycles. The maximum absolute atomic E-state index is 11.4. The maximum atomic E-state index is 11.4. The van der Waals surface area contributed by atoms with Gasteiger partial charge in [0.1, 0.15) is 34.5 Å². The number of carbonyl (C=O) groups is 1. The fraction of sp³-hybridized carbons (Fsp3) is 0.155. The van der Waals surface area contributed by atoms with Crippen LogP contribution in [0.5, 0.6) is 70.6 Å². The SMILES string of the molecule is Cc1ccc(Oc2nc(Oc3ccccc3)nc(Oc3ccc(C)cc3C)n2)cc1.NC(=O)c1ccc(Oc2nc(Oc3ccc(-c4ccccc4)cc3)nc(Oc3ccc(C4CCCCC4)cc3)n2)cc1. The van der Waals surface area contributed by atoms with Crippen molar-refractivity contribution in [1.29, 1.82) is 0 Å². The second-order valence-electron chi connectivity index (χ2n) is 17.1. The van der Waals surface area contributed by atoms with Gasteiger partial charge in [-0.2, -0.15) is 0 Å². The van der Waals surface area contributed by atoms with Crippen LogP contribution < -0.4 is 34.2 Å². The summed E-state index contributed by atoms with van der Waals surface area (Å²) in [5.41, 5.74) is 12.4. The lowest BCUT2D eigenvalue weighted by Gasteiger charge is -2.22. The van der Waals surface area contributed by atoms with Crippen molar-refractivity contribution in [3.8, 4) is 81.7 Å². The van der Waals surface area contributed by atoms with Crippen LogP contribution in [0.1, 0.15) is 70.6 Å². The molecular weight excluding hydrogens is 907 g/mol. The topological polar surface area (TPSA) is 176 Å². The van der Waals surface area contributed by atoms with Crippen LogP contribution in [0.25, 0.3) is 11.1 Å². The van der Waals surface area contributed by atoms with E-state index in [4.69, 9.17) is 34.2 Å². The Balaban J connectivity index is 0.000000188. The van der Waals surface area contributed by atoms with Gasteiger partial charge in [0.05, 0.1) is 0 Å². The third kappa shape index (κ3) is 13.3. The van der Waals surface area contributed by atoms with Gasteiger partial charge in [-0.25, -0.2) is 0 Å². The van der Waals surface area contributed by atoms with Crippen molar-refractivity contribution in [2.24, 2.45) is 5.73 Å². The Bertz CT molecular complexity index is 3210. The Kier molecular flexibility index (Phi) is 15.3. The van der Waals surface area contributed by atoms with Gasteiger partial charge in [-0.15, -0.1) is 29.9 Å². The minimum absolute atomic E-state index is 0.00930. The average Bonchev–Trinajstić information content (AvgIpc) is 3.39. The van der Waals surface area contributed by atoms with Crippen LogP contribution >= 0.6 is 0 Å². The largest absolute Gasteiger partial charge is 0.424 e. The number of nitrogens with zero attached hydrogens (tertiary/aromatic N) is 6. The van der Waals surface area contributed by atoms with E-state index in [2.05, 4.69) is 42.0 Å². The first-order valence-corrected chi connectivity index (χ1v) is 23.6. The van der Waals surface area contributed by atoms with E-state index in [1.807, 2.05) is 160 Å². The number of hydrogen-bond acceptors (Lipinski definition) is 13. The number of ether oxygens (including phenoxy) is 6. The van der Waals surface area contributed by atoms with Crippen molar-refractivity contribution in [1.82, 2.24) is 29.9 Å². The molecule has 1 amide bonds. The Morgan fingerprint density at radius 3 is 1.28 bits per heavy atom. The van der Waals surface area contributed by atoms with E-state index in [0.717, 1.165) is 27.8 Å². The van der Waals surface area contributed by atoms with E-state index in [-0.39, 0.29) is 36.1 Å². The van der Waals surface area contributed by atoms with Crippen molar-refractivity contribution >= 4 is 5.91 Å². The average molecular weight is 958 g/mol. The van der Waals surface area contributed by atoms with Crippen LogP contribution in [0, 0.1) is 20.8 Å². The van der Waals surface area contributed by atoms with Gasteiger partial charge in [0, 0.05) is 5.56 Å². The molecule has 7 aromatic carbocycles. The molecule has 0 unspecified atom stereocenters. The van der Waals surface area contributed by atoms with Crippen molar-refractivity contribution < 1.29 is 33.2 Å². The van der Waals surface area contributed by atoms with E-state index in [9.17, 15) is 4.79 Å². The molecule has 1 fully saturated rings. The van der Waals surface area contributed by atoms with Crippen LogP contribution in [0.2, 0.25) is 0 Å². The van der Waals surface area contributed by atoms with Gasteiger partial charge in [-0.05, 0) is 141 Å². The summed E-state index contributed by atoms with van der Waals surface area (Å²) in [7, 11) is 0. The number of nitrogens with two attached hydrogens (primary N) is 1. The number of carbonyl (C=O) groups excluding carboxylic acids is 1. The summed E-state index contributed by atoms with van der Waals surface area (Å²) in [6, 6.07) is 55.1. The Morgan fingerprint density at radius 2 is 0.806 bits per heavy atom. The Hall–Kier alpha value is -9.17. The molecule has 2 N–H and O–H groups in total. The number of aryl methyl sites for hydroxylation is 3. The smallest absolute Gasteiger partial charge is 0.331 e. The molecule has 1 aliphatic rings. The molecule has 360 valence electrons. The molecule has 14 heteroatoms. The fourth-order valence-corrected chi connectivity index (χ4v) is 7.83. The van der Waals surface area contributed by atoms with Gasteiger partial charge in [0.15, 0.2) is 0 Å². The number of primary amides is 1. The molecule has 14 nitrogen and oxygen atoms in total. The molecular formula is C58H51N7O7. The molecule has 10 rings (SSSR count). The highest BCUT2D eigenvalue weighted by molar-refractivity contribution is 5.92. The lowest BCUT2D eigenvalue weighted by atomic mass is 9.84. The molecule has 9 aromatic rings. The minimum atomic E-state index is -0.527. The van der Waals surface area contributed by atoms with Gasteiger partial charge in [-0.1, -0.05) is 127 Å². The molecule has 1 saturated carbocycles. The first-order valence-electron chi connectivity index (χ1n) is 23.6. The lowest BCUT2D eigenvalue weighted by Crippen LogP contribution is -2.10. The minimum Gasteiger partial charge on any atom is -0.424 e. The summed E-state index contributed by atoms with van der Waals surface area (Å²) in [6.07, 6.45) is 6.32. The van der Waals surface area contributed by atoms with Gasteiger partial charge < -0.3 is 34.2 Å². The summed E-state index contributed by atoms with van der Waals surface area (Å²) in [5.74, 6) is 3.47. The first kappa shape index (κ1) is 47.9. The second-order valence-corrected chi connectivity index (χ2v) is 17.1. The van der Waals surface area contributed by atoms with Crippen molar-refractivity contribution in [3.63, 3.8) is 0 Å². The Labute approximate surface area is 417 Å². The van der Waals surface area contributed by atoms with Crippen LogP contribution in [0.4, 0.5) is 0 Å². The zero-order chi connectivity index (χ0) is 49.7. The Morgan fingerprint density at radius 1 is 0.417 bits per heavy atom. The van der Waals surface area contributed by atoms with Gasteiger partial charge in [0.25, 0.3) is 0 Å². The first-order chi connectivity index (χ1) is 35.1. The highest BCUT2D eigenvalue weighted by Crippen LogP contribution is 2.35. The van der Waals surface area contributed by atoms with Crippen LogP contribution in [-0.4, -0.2) is 35.8 Å². The number of amides is 1. The summed E-state index contributed by atoms with van der Waals surface area (Å²) >= 11 is 0. The number of benzene rings is 7. The zero-order valence-electron chi connectivity index (χ0n) is 40.0. The summed E-state index contributed by atoms with van der Waals surface area (Å²) in [6.45, 7) is 6.00.